The van der Waals surface area contributed by atoms with Crippen molar-refractivity contribution in [3.05, 3.63) is 16.0 Å². The Morgan fingerprint density at radius 1 is 1.10 bits per heavy atom. The maximum absolute atomic E-state index is 12.6. The zero-order valence-electron chi connectivity index (χ0n) is 17.8. The van der Waals surface area contributed by atoms with Gasteiger partial charge in [0, 0.05) is 13.0 Å². The van der Waals surface area contributed by atoms with Gasteiger partial charge >= 0.3 is 11.9 Å². The highest BCUT2D eigenvalue weighted by atomic mass is 32.1. The summed E-state index contributed by atoms with van der Waals surface area (Å²) in [7, 11) is 1.21. The number of ether oxygens (including phenoxy) is 2. The molecule has 10 heteroatoms. The molecule has 2 atom stereocenters. The van der Waals surface area contributed by atoms with E-state index in [-0.39, 0.29) is 58.7 Å². The number of nitrogens with zero attached hydrogens (tertiary/aromatic N) is 1. The third-order valence-corrected chi connectivity index (χ3v) is 6.93. The van der Waals surface area contributed by atoms with E-state index in [0.717, 1.165) is 24.2 Å². The Hall–Kier alpha value is -2.75. The second kappa shape index (κ2) is 9.59. The van der Waals surface area contributed by atoms with Crippen LogP contribution in [0, 0.1) is 18.8 Å². The van der Waals surface area contributed by atoms with Crippen LogP contribution in [0.25, 0.3) is 0 Å². The van der Waals surface area contributed by atoms with Crippen LogP contribution in [0.4, 0.5) is 5.00 Å². The van der Waals surface area contributed by atoms with E-state index in [1.54, 1.807) is 13.8 Å². The molecule has 2 unspecified atom stereocenters. The van der Waals surface area contributed by atoms with Crippen LogP contribution in [-0.4, -0.2) is 54.8 Å². The molecular weight excluding hydrogens is 424 g/mol. The fourth-order valence-corrected chi connectivity index (χ4v) is 5.30. The summed E-state index contributed by atoms with van der Waals surface area (Å²) in [5.41, 5.74) is 0.447. The molecule has 2 heterocycles. The number of thiophene rings is 1. The van der Waals surface area contributed by atoms with Gasteiger partial charge in [0.15, 0.2) is 0 Å². The average Bonchev–Trinajstić information content (AvgIpc) is 3.20. The quantitative estimate of drug-likeness (QED) is 0.501. The largest absolute Gasteiger partial charge is 0.465 e. The number of imide groups is 1. The summed E-state index contributed by atoms with van der Waals surface area (Å²) < 4.78 is 9.79. The first-order chi connectivity index (χ1) is 14.8. The van der Waals surface area contributed by atoms with E-state index in [2.05, 4.69) is 5.32 Å². The first-order valence-electron chi connectivity index (χ1n) is 10.3. The van der Waals surface area contributed by atoms with E-state index >= 15 is 0 Å². The molecule has 1 aromatic heterocycles. The molecule has 1 saturated carbocycles. The number of methoxy groups -OCH3 is 1. The van der Waals surface area contributed by atoms with Crippen LogP contribution < -0.4 is 5.32 Å². The molecule has 0 aromatic carbocycles. The number of carbonyl (C=O) groups is 5. The zero-order valence-corrected chi connectivity index (χ0v) is 18.6. The maximum atomic E-state index is 12.6. The third kappa shape index (κ3) is 4.48. The Bertz CT molecular complexity index is 899. The van der Waals surface area contributed by atoms with Gasteiger partial charge in [0.05, 0.1) is 31.1 Å². The average molecular weight is 451 g/mol. The Morgan fingerprint density at radius 3 is 2.26 bits per heavy atom. The summed E-state index contributed by atoms with van der Waals surface area (Å²) in [6.07, 6.45) is 3.19. The Balaban J connectivity index is 1.70. The number of likely N-dealkylation sites (tertiary alicyclic amines) is 1. The highest BCUT2D eigenvalue weighted by Gasteiger charge is 2.47. The molecule has 2 fully saturated rings. The van der Waals surface area contributed by atoms with Crippen LogP contribution in [0.1, 0.15) is 64.6 Å². The molecule has 31 heavy (non-hydrogen) atoms. The van der Waals surface area contributed by atoms with Crippen LogP contribution in [0.3, 0.4) is 0 Å². The Kier molecular flexibility index (Phi) is 7.09. The van der Waals surface area contributed by atoms with Gasteiger partial charge < -0.3 is 14.8 Å². The molecule has 3 amide bonds. The minimum atomic E-state index is -0.687. The molecule has 0 radical (unpaired) electrons. The van der Waals surface area contributed by atoms with Gasteiger partial charge in [-0.3, -0.25) is 19.3 Å². The molecule has 1 aromatic rings. The van der Waals surface area contributed by atoms with E-state index in [4.69, 9.17) is 9.47 Å². The van der Waals surface area contributed by atoms with Crippen molar-refractivity contribution in [3.63, 3.8) is 0 Å². The molecule has 9 nitrogen and oxygen atoms in total. The lowest BCUT2D eigenvalue weighted by Gasteiger charge is -2.19. The number of nitrogens with one attached hydrogen (secondary N) is 1. The van der Waals surface area contributed by atoms with Crippen LogP contribution in [0.15, 0.2) is 0 Å². The van der Waals surface area contributed by atoms with Gasteiger partial charge in [-0.2, -0.15) is 0 Å². The van der Waals surface area contributed by atoms with E-state index < -0.39 is 17.8 Å². The van der Waals surface area contributed by atoms with Gasteiger partial charge in [-0.25, -0.2) is 9.59 Å². The lowest BCUT2D eigenvalue weighted by Crippen LogP contribution is -2.34. The fourth-order valence-electron chi connectivity index (χ4n) is 4.19. The molecule has 168 valence electrons. The van der Waals surface area contributed by atoms with Gasteiger partial charge in [-0.15, -0.1) is 11.3 Å². The molecule has 0 bridgehead atoms. The number of hydrogen-bond acceptors (Lipinski definition) is 8. The van der Waals surface area contributed by atoms with Gasteiger partial charge in [-0.05, 0) is 32.3 Å². The highest BCUT2D eigenvalue weighted by Crippen LogP contribution is 2.38. The summed E-state index contributed by atoms with van der Waals surface area (Å²) >= 11 is 0.927. The number of esters is 2. The summed E-state index contributed by atoms with van der Waals surface area (Å²) in [5.74, 6) is -2.68. The molecule has 3 rings (SSSR count). The third-order valence-electron chi connectivity index (χ3n) is 5.74. The van der Waals surface area contributed by atoms with Gasteiger partial charge in [0.1, 0.15) is 9.88 Å². The molecule has 1 N–H and O–H groups in total. The summed E-state index contributed by atoms with van der Waals surface area (Å²) in [5, 5.41) is 2.79. The Morgan fingerprint density at radius 2 is 1.71 bits per heavy atom. The van der Waals surface area contributed by atoms with Gasteiger partial charge in [0.2, 0.25) is 17.7 Å². The minimum Gasteiger partial charge on any atom is -0.465 e. The van der Waals surface area contributed by atoms with Crippen molar-refractivity contribution in [2.45, 2.75) is 46.0 Å². The predicted molar refractivity (Wildman–Crippen MR) is 112 cm³/mol. The van der Waals surface area contributed by atoms with Crippen LogP contribution in [0.2, 0.25) is 0 Å². The normalized spacial score (nSPS) is 20.4. The molecule has 1 aliphatic carbocycles. The van der Waals surface area contributed by atoms with Crippen molar-refractivity contribution in [1.82, 2.24) is 4.90 Å². The number of anilines is 1. The highest BCUT2D eigenvalue weighted by molar-refractivity contribution is 7.18. The fraction of sp³-hybridized carbons (Fsp3) is 0.571. The summed E-state index contributed by atoms with van der Waals surface area (Å²) in [4.78, 5) is 63.4. The Labute approximate surface area is 184 Å². The lowest BCUT2D eigenvalue weighted by atomic mass is 9.81. The van der Waals surface area contributed by atoms with Gasteiger partial charge in [-0.1, -0.05) is 12.8 Å². The monoisotopic (exact) mass is 450 g/mol. The first kappa shape index (κ1) is 22.9. The van der Waals surface area contributed by atoms with Crippen LogP contribution in [-0.2, 0) is 23.9 Å². The van der Waals surface area contributed by atoms with Crippen molar-refractivity contribution >= 4 is 46.0 Å². The van der Waals surface area contributed by atoms with Crippen molar-refractivity contribution < 1.29 is 33.4 Å². The second-order valence-electron chi connectivity index (χ2n) is 7.60. The van der Waals surface area contributed by atoms with E-state index in [9.17, 15) is 24.0 Å². The maximum Gasteiger partial charge on any atom is 0.348 e. The molecule has 1 aliphatic heterocycles. The molecule has 1 saturated heterocycles. The standard InChI is InChI=1S/C21H26N2O7S/c1-4-30-21(28)16-11(2)15(20(27)29-3)17(31-16)22-14(24)9-10-23-18(25)12-7-5-6-8-13(12)19(23)26/h12-13H,4-10H2,1-3H3,(H,22,24). The predicted octanol–water partition coefficient (Wildman–Crippen LogP) is 2.52. The van der Waals surface area contributed by atoms with Crippen molar-refractivity contribution in [1.29, 1.82) is 0 Å². The van der Waals surface area contributed by atoms with Gasteiger partial charge in [0.25, 0.3) is 0 Å². The lowest BCUT2D eigenvalue weighted by molar-refractivity contribution is -0.140. The smallest absolute Gasteiger partial charge is 0.348 e. The number of amides is 3. The van der Waals surface area contributed by atoms with Crippen molar-refractivity contribution in [2.24, 2.45) is 11.8 Å². The molecule has 2 aliphatic rings. The number of rotatable bonds is 7. The summed E-state index contributed by atoms with van der Waals surface area (Å²) in [6.45, 7) is 3.40. The van der Waals surface area contributed by atoms with E-state index in [0.29, 0.717) is 18.4 Å². The van der Waals surface area contributed by atoms with Crippen molar-refractivity contribution in [2.75, 3.05) is 25.6 Å². The molecule has 0 spiro atoms. The summed E-state index contributed by atoms with van der Waals surface area (Å²) in [6, 6.07) is 0. The first-order valence-corrected chi connectivity index (χ1v) is 11.2. The number of fused-ring (bicyclic) bond motifs is 1. The SMILES string of the molecule is CCOC(=O)c1sc(NC(=O)CCN2C(=O)C3CCCCC3C2=O)c(C(=O)OC)c1C. The topological polar surface area (TPSA) is 119 Å². The van der Waals surface area contributed by atoms with Crippen LogP contribution in [0.5, 0.6) is 0 Å². The van der Waals surface area contributed by atoms with Crippen molar-refractivity contribution in [3.8, 4) is 0 Å². The molecular formula is C21H26N2O7S. The second-order valence-corrected chi connectivity index (χ2v) is 8.62. The zero-order chi connectivity index (χ0) is 22.7. The van der Waals surface area contributed by atoms with E-state index in [1.165, 1.54) is 12.0 Å². The number of carbonyl (C=O) groups excluding carboxylic acids is 5. The van der Waals surface area contributed by atoms with Crippen LogP contribution >= 0.6 is 11.3 Å². The number of hydrogen-bond donors (Lipinski definition) is 1. The van der Waals surface area contributed by atoms with E-state index in [1.807, 2.05) is 0 Å². The minimum absolute atomic E-state index is 0.0147.